The molecular formula is C23H23N3O. The highest BCUT2D eigenvalue weighted by Gasteiger charge is 2.15. The maximum Gasteiger partial charge on any atom is 0.262 e. The first-order chi connectivity index (χ1) is 13.0. The molecule has 1 heterocycles. The second kappa shape index (κ2) is 7.92. The van der Waals surface area contributed by atoms with Crippen LogP contribution in [0.25, 0.3) is 17.0 Å². The molecular weight excluding hydrogens is 334 g/mol. The molecule has 1 N–H and O–H groups in total. The Bertz CT molecular complexity index is 1020. The summed E-state index contributed by atoms with van der Waals surface area (Å²) in [4.78, 5) is 12.6. The molecule has 3 aromatic rings. The van der Waals surface area contributed by atoms with Gasteiger partial charge in [-0.15, -0.1) is 0 Å². The van der Waals surface area contributed by atoms with Gasteiger partial charge in [-0.1, -0.05) is 48.5 Å². The van der Waals surface area contributed by atoms with Crippen molar-refractivity contribution in [2.45, 2.75) is 32.9 Å². The summed E-state index contributed by atoms with van der Waals surface area (Å²) in [6.07, 6.45) is 3.68. The molecule has 136 valence electrons. The molecule has 0 aliphatic rings. The van der Waals surface area contributed by atoms with Crippen LogP contribution in [0.5, 0.6) is 0 Å². The Morgan fingerprint density at radius 1 is 1.07 bits per heavy atom. The maximum atomic E-state index is 12.6. The number of carbonyl (C=O) groups is 1. The lowest BCUT2D eigenvalue weighted by Crippen LogP contribution is -2.27. The SMILES string of the molecule is CC(C)n1cc(/C=C(/C#N)C(=O)N[C@@H](C)c2ccccc2)c2ccccc21. The molecule has 0 unspecified atom stereocenters. The summed E-state index contributed by atoms with van der Waals surface area (Å²) in [5, 5.41) is 13.5. The van der Waals surface area contributed by atoms with Gasteiger partial charge in [0.15, 0.2) is 0 Å². The van der Waals surface area contributed by atoms with Gasteiger partial charge in [0.1, 0.15) is 11.6 Å². The zero-order valence-corrected chi connectivity index (χ0v) is 15.8. The summed E-state index contributed by atoms with van der Waals surface area (Å²) >= 11 is 0. The molecule has 0 aliphatic carbocycles. The third-order valence-electron chi connectivity index (χ3n) is 4.64. The van der Waals surface area contributed by atoms with E-state index in [1.54, 1.807) is 6.08 Å². The Morgan fingerprint density at radius 2 is 1.74 bits per heavy atom. The predicted molar refractivity (Wildman–Crippen MR) is 109 cm³/mol. The van der Waals surface area contributed by atoms with Crippen molar-refractivity contribution in [1.82, 2.24) is 9.88 Å². The molecule has 2 aromatic carbocycles. The molecule has 4 heteroatoms. The number of hydrogen-bond donors (Lipinski definition) is 1. The minimum absolute atomic E-state index is 0.101. The van der Waals surface area contributed by atoms with E-state index < -0.39 is 0 Å². The van der Waals surface area contributed by atoms with Crippen molar-refractivity contribution in [2.24, 2.45) is 0 Å². The number of nitriles is 1. The van der Waals surface area contributed by atoms with Gasteiger partial charge in [0.05, 0.1) is 6.04 Å². The zero-order valence-electron chi connectivity index (χ0n) is 15.8. The van der Waals surface area contributed by atoms with Crippen LogP contribution in [0, 0.1) is 11.3 Å². The van der Waals surface area contributed by atoms with E-state index in [0.717, 1.165) is 22.0 Å². The number of hydrogen-bond acceptors (Lipinski definition) is 2. The third-order valence-corrected chi connectivity index (χ3v) is 4.64. The minimum Gasteiger partial charge on any atom is -0.345 e. The molecule has 1 amide bonds. The normalized spacial score (nSPS) is 12.8. The van der Waals surface area contributed by atoms with E-state index in [1.165, 1.54) is 0 Å². The lowest BCUT2D eigenvalue weighted by molar-refractivity contribution is -0.117. The highest BCUT2D eigenvalue weighted by atomic mass is 16.1. The smallest absolute Gasteiger partial charge is 0.262 e. The van der Waals surface area contributed by atoms with Gasteiger partial charge in [0, 0.05) is 28.7 Å². The predicted octanol–water partition coefficient (Wildman–Crippen LogP) is 5.01. The quantitative estimate of drug-likeness (QED) is 0.516. The average molecular weight is 357 g/mol. The van der Waals surface area contributed by atoms with Crippen LogP contribution in [0.15, 0.2) is 66.4 Å². The fraction of sp³-hybridized carbons (Fsp3) is 0.217. The number of para-hydroxylation sites is 1. The number of benzene rings is 2. The summed E-state index contributed by atoms with van der Waals surface area (Å²) in [5.74, 6) is -0.366. The van der Waals surface area contributed by atoms with E-state index in [2.05, 4.69) is 35.9 Å². The second-order valence-electron chi connectivity index (χ2n) is 6.88. The highest BCUT2D eigenvalue weighted by molar-refractivity contribution is 6.04. The number of fused-ring (bicyclic) bond motifs is 1. The summed E-state index contributed by atoms with van der Waals surface area (Å²) in [6.45, 7) is 6.13. The van der Waals surface area contributed by atoms with Crippen molar-refractivity contribution in [2.75, 3.05) is 0 Å². The van der Waals surface area contributed by atoms with E-state index >= 15 is 0 Å². The number of aromatic nitrogens is 1. The van der Waals surface area contributed by atoms with Gasteiger partial charge in [0.2, 0.25) is 0 Å². The van der Waals surface area contributed by atoms with Crippen molar-refractivity contribution < 1.29 is 4.79 Å². The lowest BCUT2D eigenvalue weighted by Gasteiger charge is -2.13. The molecule has 27 heavy (non-hydrogen) atoms. The highest BCUT2D eigenvalue weighted by Crippen LogP contribution is 2.26. The first kappa shape index (κ1) is 18.5. The minimum atomic E-state index is -0.366. The van der Waals surface area contributed by atoms with Crippen LogP contribution in [0.1, 0.15) is 44.0 Å². The fourth-order valence-corrected chi connectivity index (χ4v) is 3.18. The van der Waals surface area contributed by atoms with Crippen LogP contribution in [-0.2, 0) is 4.79 Å². The lowest BCUT2D eigenvalue weighted by atomic mass is 10.1. The van der Waals surface area contributed by atoms with Gasteiger partial charge in [-0.2, -0.15) is 5.26 Å². The molecule has 0 spiro atoms. The molecule has 0 bridgehead atoms. The molecule has 0 saturated carbocycles. The van der Waals surface area contributed by atoms with Crippen molar-refractivity contribution in [3.63, 3.8) is 0 Å². The van der Waals surface area contributed by atoms with Gasteiger partial charge in [-0.05, 0) is 38.5 Å². The largest absolute Gasteiger partial charge is 0.345 e. The molecule has 0 radical (unpaired) electrons. The van der Waals surface area contributed by atoms with Crippen LogP contribution < -0.4 is 5.32 Å². The molecule has 1 aromatic heterocycles. The van der Waals surface area contributed by atoms with Crippen molar-refractivity contribution in [1.29, 1.82) is 5.26 Å². The summed E-state index contributed by atoms with van der Waals surface area (Å²) in [7, 11) is 0. The van der Waals surface area contributed by atoms with Crippen molar-refractivity contribution >= 4 is 22.9 Å². The van der Waals surface area contributed by atoms with E-state index in [4.69, 9.17) is 0 Å². The third kappa shape index (κ3) is 3.93. The standard InChI is InChI=1S/C23H23N3O/c1-16(2)26-15-20(21-11-7-8-12-22(21)26)13-19(14-24)23(27)25-17(3)18-9-5-4-6-10-18/h4-13,15-17H,1-3H3,(H,25,27)/b19-13-/t17-/m0/s1. The Hall–Kier alpha value is -3.32. The first-order valence-corrected chi connectivity index (χ1v) is 9.08. The monoisotopic (exact) mass is 357 g/mol. The van der Waals surface area contributed by atoms with Crippen LogP contribution in [0.4, 0.5) is 0 Å². The number of amides is 1. The van der Waals surface area contributed by atoms with Gasteiger partial charge in [-0.3, -0.25) is 4.79 Å². The average Bonchev–Trinajstić information content (AvgIpc) is 3.05. The van der Waals surface area contributed by atoms with Crippen molar-refractivity contribution in [3.05, 3.63) is 77.5 Å². The van der Waals surface area contributed by atoms with Gasteiger partial charge >= 0.3 is 0 Å². The molecule has 0 fully saturated rings. The summed E-state index contributed by atoms with van der Waals surface area (Å²) in [5.41, 5.74) is 3.07. The van der Waals surface area contributed by atoms with Crippen LogP contribution in [-0.4, -0.2) is 10.5 Å². The van der Waals surface area contributed by atoms with Crippen LogP contribution in [0.2, 0.25) is 0 Å². The second-order valence-corrected chi connectivity index (χ2v) is 6.88. The first-order valence-electron chi connectivity index (χ1n) is 9.08. The van der Waals surface area contributed by atoms with E-state index in [9.17, 15) is 10.1 Å². The summed E-state index contributed by atoms with van der Waals surface area (Å²) in [6, 6.07) is 19.9. The molecule has 3 rings (SSSR count). The van der Waals surface area contributed by atoms with Gasteiger partial charge in [0.25, 0.3) is 5.91 Å². The zero-order chi connectivity index (χ0) is 19.4. The van der Waals surface area contributed by atoms with Crippen molar-refractivity contribution in [3.8, 4) is 6.07 Å². The van der Waals surface area contributed by atoms with Gasteiger partial charge in [-0.25, -0.2) is 0 Å². The van der Waals surface area contributed by atoms with Crippen LogP contribution >= 0.6 is 0 Å². The maximum absolute atomic E-state index is 12.6. The van der Waals surface area contributed by atoms with E-state index in [1.807, 2.05) is 61.7 Å². The van der Waals surface area contributed by atoms with E-state index in [-0.39, 0.29) is 23.6 Å². The number of carbonyl (C=O) groups excluding carboxylic acids is 1. The molecule has 1 atom stereocenters. The number of nitrogens with zero attached hydrogens (tertiary/aromatic N) is 2. The van der Waals surface area contributed by atoms with E-state index in [0.29, 0.717) is 0 Å². The number of rotatable bonds is 5. The van der Waals surface area contributed by atoms with Gasteiger partial charge < -0.3 is 9.88 Å². The Balaban J connectivity index is 1.92. The molecule has 4 nitrogen and oxygen atoms in total. The molecule has 0 saturated heterocycles. The Kier molecular flexibility index (Phi) is 5.42. The van der Waals surface area contributed by atoms with Crippen LogP contribution in [0.3, 0.4) is 0 Å². The Labute approximate surface area is 159 Å². The Morgan fingerprint density at radius 3 is 2.41 bits per heavy atom. The topological polar surface area (TPSA) is 57.8 Å². The number of nitrogens with one attached hydrogen (secondary N) is 1. The molecule has 0 aliphatic heterocycles. The fourth-order valence-electron chi connectivity index (χ4n) is 3.18. The summed E-state index contributed by atoms with van der Waals surface area (Å²) < 4.78 is 2.15.